The number of likely N-dealkylation sites (tertiary alicyclic amines) is 1. The largest absolute Gasteiger partial charge is 0.444 e. The van der Waals surface area contributed by atoms with Gasteiger partial charge in [0, 0.05) is 25.7 Å². The lowest BCUT2D eigenvalue weighted by Gasteiger charge is -2.40. The highest BCUT2D eigenvalue weighted by Crippen LogP contribution is 2.17. The molecule has 116 valence electrons. The molecule has 4 heteroatoms. The summed E-state index contributed by atoms with van der Waals surface area (Å²) in [5.41, 5.74) is 3.55. The monoisotopic (exact) mass is 290 g/mol. The number of ether oxygens (including phenoxy) is 1. The summed E-state index contributed by atoms with van der Waals surface area (Å²) < 4.78 is 5.35. The second-order valence-electron chi connectivity index (χ2n) is 6.83. The summed E-state index contributed by atoms with van der Waals surface area (Å²) in [5, 5.41) is 3.52. The molecular formula is C17H26N2O2. The van der Waals surface area contributed by atoms with Gasteiger partial charge >= 0.3 is 6.09 Å². The average molecular weight is 290 g/mol. The molecule has 1 aliphatic heterocycles. The number of hydrogen-bond acceptors (Lipinski definition) is 3. The van der Waals surface area contributed by atoms with E-state index >= 15 is 0 Å². The van der Waals surface area contributed by atoms with Crippen molar-refractivity contribution in [2.75, 3.05) is 13.1 Å². The summed E-state index contributed by atoms with van der Waals surface area (Å²) in [4.78, 5) is 13.6. The second-order valence-corrected chi connectivity index (χ2v) is 6.83. The number of carbonyl (C=O) groups is 1. The van der Waals surface area contributed by atoms with E-state index in [1.54, 1.807) is 4.90 Å². The molecule has 1 aromatic rings. The Labute approximate surface area is 127 Å². The number of nitrogens with zero attached hydrogens (tertiary/aromatic N) is 1. The van der Waals surface area contributed by atoms with E-state index in [0.717, 1.165) is 19.6 Å². The Bertz CT molecular complexity index is 494. The summed E-state index contributed by atoms with van der Waals surface area (Å²) >= 11 is 0. The van der Waals surface area contributed by atoms with Crippen LogP contribution in [0.4, 0.5) is 4.79 Å². The first-order valence-corrected chi connectivity index (χ1v) is 7.52. The topological polar surface area (TPSA) is 41.6 Å². The van der Waals surface area contributed by atoms with E-state index in [4.69, 9.17) is 4.74 Å². The highest BCUT2D eigenvalue weighted by Gasteiger charge is 2.33. The van der Waals surface area contributed by atoms with Gasteiger partial charge in [0.2, 0.25) is 0 Å². The second kappa shape index (κ2) is 6.06. The highest BCUT2D eigenvalue weighted by atomic mass is 16.6. The molecule has 1 fully saturated rings. The number of carbonyl (C=O) groups excluding carboxylic acids is 1. The Kier molecular flexibility index (Phi) is 4.57. The van der Waals surface area contributed by atoms with Crippen molar-refractivity contribution in [2.45, 2.75) is 52.8 Å². The van der Waals surface area contributed by atoms with Gasteiger partial charge in [-0.2, -0.15) is 0 Å². The molecule has 0 unspecified atom stereocenters. The Morgan fingerprint density at radius 3 is 2.38 bits per heavy atom. The first-order chi connectivity index (χ1) is 9.76. The maximum atomic E-state index is 11.8. The molecule has 0 spiro atoms. The van der Waals surface area contributed by atoms with Crippen LogP contribution in [0.2, 0.25) is 0 Å². The fourth-order valence-electron chi connectivity index (χ4n) is 2.46. The summed E-state index contributed by atoms with van der Waals surface area (Å²) in [6, 6.07) is 6.72. The number of nitrogens with one attached hydrogen (secondary N) is 1. The molecule has 1 aliphatic rings. The molecule has 21 heavy (non-hydrogen) atoms. The molecule has 0 radical (unpaired) electrons. The van der Waals surface area contributed by atoms with Crippen LogP contribution in [-0.2, 0) is 11.3 Å². The first-order valence-electron chi connectivity index (χ1n) is 7.52. The maximum absolute atomic E-state index is 11.8. The normalized spacial score (nSPS) is 15.8. The molecule has 0 aliphatic carbocycles. The van der Waals surface area contributed by atoms with Gasteiger partial charge in [-0.3, -0.25) is 0 Å². The van der Waals surface area contributed by atoms with Gasteiger partial charge in [-0.15, -0.1) is 0 Å². The van der Waals surface area contributed by atoms with Crippen molar-refractivity contribution in [1.29, 1.82) is 0 Å². The SMILES string of the molecule is Cc1cccc(C)c1CNC1CN(C(=O)OC(C)(C)C)C1. The zero-order chi connectivity index (χ0) is 15.6. The van der Waals surface area contributed by atoms with E-state index < -0.39 is 5.60 Å². The fraction of sp³-hybridized carbons (Fsp3) is 0.588. The number of rotatable bonds is 3. The minimum atomic E-state index is -0.423. The van der Waals surface area contributed by atoms with Crippen molar-refractivity contribution in [3.05, 3.63) is 34.9 Å². The molecule has 4 nitrogen and oxygen atoms in total. The van der Waals surface area contributed by atoms with Crippen LogP contribution in [0, 0.1) is 13.8 Å². The van der Waals surface area contributed by atoms with Gasteiger partial charge in [-0.05, 0) is 51.3 Å². The predicted molar refractivity (Wildman–Crippen MR) is 84.4 cm³/mol. The van der Waals surface area contributed by atoms with Crippen molar-refractivity contribution in [1.82, 2.24) is 10.2 Å². The maximum Gasteiger partial charge on any atom is 0.410 e. The van der Waals surface area contributed by atoms with Crippen LogP contribution in [-0.4, -0.2) is 35.7 Å². The smallest absolute Gasteiger partial charge is 0.410 e. The molecular weight excluding hydrogens is 264 g/mol. The van der Waals surface area contributed by atoms with Crippen LogP contribution in [0.1, 0.15) is 37.5 Å². The van der Waals surface area contributed by atoms with Gasteiger partial charge in [0.05, 0.1) is 0 Å². The number of benzene rings is 1. The standard InChI is InChI=1S/C17H26N2O2/c1-12-7-6-8-13(2)15(12)9-18-14-10-19(11-14)16(20)21-17(3,4)5/h6-8,14,18H,9-11H2,1-5H3. The zero-order valence-corrected chi connectivity index (χ0v) is 13.7. The third-order valence-corrected chi connectivity index (χ3v) is 3.75. The average Bonchev–Trinajstić information content (AvgIpc) is 2.27. The fourth-order valence-corrected chi connectivity index (χ4v) is 2.46. The lowest BCUT2D eigenvalue weighted by Crippen LogP contribution is -2.60. The third kappa shape index (κ3) is 4.21. The van der Waals surface area contributed by atoms with Crippen molar-refractivity contribution >= 4 is 6.09 Å². The summed E-state index contributed by atoms with van der Waals surface area (Å²) in [6.07, 6.45) is -0.215. The number of aryl methyl sites for hydroxylation is 2. The van der Waals surface area contributed by atoms with Crippen LogP contribution in [0.3, 0.4) is 0 Å². The van der Waals surface area contributed by atoms with Crippen LogP contribution in [0.25, 0.3) is 0 Å². The van der Waals surface area contributed by atoms with E-state index in [1.165, 1.54) is 16.7 Å². The minimum Gasteiger partial charge on any atom is -0.444 e. The van der Waals surface area contributed by atoms with E-state index in [2.05, 4.69) is 37.4 Å². The van der Waals surface area contributed by atoms with Crippen LogP contribution in [0.5, 0.6) is 0 Å². The lowest BCUT2D eigenvalue weighted by atomic mass is 10.0. The highest BCUT2D eigenvalue weighted by molar-refractivity contribution is 5.69. The number of amides is 1. The summed E-state index contributed by atoms with van der Waals surface area (Å²) in [6.45, 7) is 12.2. The summed E-state index contributed by atoms with van der Waals surface area (Å²) in [5.74, 6) is 0. The Morgan fingerprint density at radius 2 is 1.86 bits per heavy atom. The van der Waals surface area contributed by atoms with Gasteiger partial charge in [-0.25, -0.2) is 4.79 Å². The lowest BCUT2D eigenvalue weighted by molar-refractivity contribution is 0.00517. The van der Waals surface area contributed by atoms with Gasteiger partial charge < -0.3 is 15.0 Å². The van der Waals surface area contributed by atoms with Crippen molar-refractivity contribution in [3.8, 4) is 0 Å². The quantitative estimate of drug-likeness (QED) is 0.930. The van der Waals surface area contributed by atoms with Crippen molar-refractivity contribution < 1.29 is 9.53 Å². The predicted octanol–water partition coefficient (Wildman–Crippen LogP) is 3.01. The Hall–Kier alpha value is -1.55. The molecule has 0 bridgehead atoms. The minimum absolute atomic E-state index is 0.215. The molecule has 0 atom stereocenters. The Balaban J connectivity index is 1.77. The molecule has 0 aromatic heterocycles. The van der Waals surface area contributed by atoms with Crippen molar-refractivity contribution in [2.24, 2.45) is 0 Å². The first kappa shape index (κ1) is 15.8. The van der Waals surface area contributed by atoms with Gasteiger partial charge in [0.1, 0.15) is 5.60 Å². The van der Waals surface area contributed by atoms with Crippen LogP contribution < -0.4 is 5.32 Å². The van der Waals surface area contributed by atoms with Gasteiger partial charge in [0.25, 0.3) is 0 Å². The molecule has 0 saturated carbocycles. The molecule has 1 saturated heterocycles. The zero-order valence-electron chi connectivity index (χ0n) is 13.7. The van der Waals surface area contributed by atoms with E-state index in [-0.39, 0.29) is 6.09 Å². The summed E-state index contributed by atoms with van der Waals surface area (Å²) in [7, 11) is 0. The third-order valence-electron chi connectivity index (χ3n) is 3.75. The molecule has 1 amide bonds. The Morgan fingerprint density at radius 1 is 1.29 bits per heavy atom. The van der Waals surface area contributed by atoms with E-state index in [0.29, 0.717) is 6.04 Å². The molecule has 2 rings (SSSR count). The van der Waals surface area contributed by atoms with Gasteiger partial charge in [0.15, 0.2) is 0 Å². The van der Waals surface area contributed by atoms with Crippen LogP contribution >= 0.6 is 0 Å². The van der Waals surface area contributed by atoms with Crippen LogP contribution in [0.15, 0.2) is 18.2 Å². The molecule has 1 N–H and O–H groups in total. The molecule has 1 aromatic carbocycles. The number of hydrogen-bond donors (Lipinski definition) is 1. The van der Waals surface area contributed by atoms with E-state index in [1.807, 2.05) is 20.8 Å². The van der Waals surface area contributed by atoms with Gasteiger partial charge in [-0.1, -0.05) is 18.2 Å². The van der Waals surface area contributed by atoms with E-state index in [9.17, 15) is 4.79 Å². The molecule has 1 heterocycles. The van der Waals surface area contributed by atoms with Crippen molar-refractivity contribution in [3.63, 3.8) is 0 Å².